The first-order valence-corrected chi connectivity index (χ1v) is 6.81. The maximum atomic E-state index is 11.7. The van der Waals surface area contributed by atoms with Gasteiger partial charge in [0.05, 0.1) is 11.6 Å². The molecule has 0 spiro atoms. The predicted octanol–water partition coefficient (Wildman–Crippen LogP) is 1.36. The Labute approximate surface area is 119 Å². The number of carboxylic acid groups (broad SMARTS) is 1. The quantitative estimate of drug-likeness (QED) is 0.790. The van der Waals surface area contributed by atoms with E-state index in [0.29, 0.717) is 13.0 Å². The molecule has 1 unspecified atom stereocenters. The fourth-order valence-corrected chi connectivity index (χ4v) is 2.03. The van der Waals surface area contributed by atoms with Gasteiger partial charge in [0.15, 0.2) is 0 Å². The molecule has 0 bridgehead atoms. The number of nitrogens with zero attached hydrogens (tertiary/aromatic N) is 2. The highest BCUT2D eigenvalue weighted by atomic mass is 16.4. The van der Waals surface area contributed by atoms with Crippen molar-refractivity contribution in [1.82, 2.24) is 15.1 Å². The highest BCUT2D eigenvalue weighted by molar-refractivity contribution is 5.77. The highest BCUT2D eigenvalue weighted by Crippen LogP contribution is 2.09. The summed E-state index contributed by atoms with van der Waals surface area (Å²) in [5.74, 6) is -1.58. The topological polar surface area (TPSA) is 84.2 Å². The lowest BCUT2D eigenvalue weighted by molar-refractivity contribution is -0.143. The molecule has 0 saturated carbocycles. The number of nitrogens with one attached hydrogen (secondary N) is 1. The van der Waals surface area contributed by atoms with Gasteiger partial charge in [-0.05, 0) is 25.8 Å². The second-order valence-corrected chi connectivity index (χ2v) is 5.39. The largest absolute Gasteiger partial charge is 0.481 e. The molecule has 20 heavy (non-hydrogen) atoms. The molecular weight excluding hydrogens is 258 g/mol. The standard InChI is InChI=1S/C14H23N3O3/c1-9(2)12(14(19)20)8-15-13(18)5-6-17-11(4)7-10(3)16-17/h7,9,12H,5-6,8H2,1-4H3,(H,15,18)(H,19,20). The number of aryl methyl sites for hydroxylation is 3. The van der Waals surface area contributed by atoms with Crippen molar-refractivity contribution in [3.8, 4) is 0 Å². The zero-order valence-electron chi connectivity index (χ0n) is 12.5. The average Bonchev–Trinajstić information content (AvgIpc) is 2.64. The van der Waals surface area contributed by atoms with Crippen LogP contribution in [-0.2, 0) is 16.1 Å². The van der Waals surface area contributed by atoms with Crippen LogP contribution in [0.5, 0.6) is 0 Å². The number of amides is 1. The van der Waals surface area contributed by atoms with Gasteiger partial charge in [-0.15, -0.1) is 0 Å². The van der Waals surface area contributed by atoms with Crippen molar-refractivity contribution in [2.24, 2.45) is 11.8 Å². The molecule has 0 radical (unpaired) electrons. The van der Waals surface area contributed by atoms with E-state index in [0.717, 1.165) is 11.4 Å². The van der Waals surface area contributed by atoms with Crippen LogP contribution in [0, 0.1) is 25.7 Å². The van der Waals surface area contributed by atoms with E-state index in [9.17, 15) is 9.59 Å². The SMILES string of the molecule is Cc1cc(C)n(CCC(=O)NCC(C(=O)O)C(C)C)n1. The van der Waals surface area contributed by atoms with E-state index in [1.54, 1.807) is 4.68 Å². The van der Waals surface area contributed by atoms with E-state index >= 15 is 0 Å². The van der Waals surface area contributed by atoms with Crippen LogP contribution in [0.15, 0.2) is 6.07 Å². The summed E-state index contributed by atoms with van der Waals surface area (Å²) in [4.78, 5) is 22.8. The van der Waals surface area contributed by atoms with Crippen LogP contribution < -0.4 is 5.32 Å². The summed E-state index contributed by atoms with van der Waals surface area (Å²) in [7, 11) is 0. The minimum Gasteiger partial charge on any atom is -0.481 e. The summed E-state index contributed by atoms with van der Waals surface area (Å²) in [5, 5.41) is 16.0. The van der Waals surface area contributed by atoms with Gasteiger partial charge in [0.1, 0.15) is 0 Å². The van der Waals surface area contributed by atoms with Gasteiger partial charge in [-0.2, -0.15) is 5.10 Å². The van der Waals surface area contributed by atoms with Gasteiger partial charge in [-0.1, -0.05) is 13.8 Å². The van der Waals surface area contributed by atoms with E-state index in [1.165, 1.54) is 0 Å². The molecule has 0 saturated heterocycles. The number of aromatic nitrogens is 2. The molecule has 0 aliphatic heterocycles. The molecular formula is C14H23N3O3. The summed E-state index contributed by atoms with van der Waals surface area (Å²) in [6.07, 6.45) is 0.298. The first-order valence-electron chi connectivity index (χ1n) is 6.81. The van der Waals surface area contributed by atoms with Crippen molar-refractivity contribution in [3.05, 3.63) is 17.5 Å². The second-order valence-electron chi connectivity index (χ2n) is 5.39. The molecule has 1 heterocycles. The molecule has 1 aromatic rings. The van der Waals surface area contributed by atoms with Crippen LogP contribution in [0.2, 0.25) is 0 Å². The zero-order chi connectivity index (χ0) is 15.3. The van der Waals surface area contributed by atoms with E-state index in [4.69, 9.17) is 5.11 Å². The van der Waals surface area contributed by atoms with E-state index in [1.807, 2.05) is 33.8 Å². The molecule has 1 aromatic heterocycles. The Hall–Kier alpha value is -1.85. The lowest BCUT2D eigenvalue weighted by atomic mass is 9.96. The number of carboxylic acids is 1. The van der Waals surface area contributed by atoms with Gasteiger partial charge in [-0.25, -0.2) is 0 Å². The third-order valence-electron chi connectivity index (χ3n) is 3.30. The number of rotatable bonds is 7. The molecule has 1 rings (SSSR count). The molecule has 2 N–H and O–H groups in total. The Morgan fingerprint density at radius 2 is 2.05 bits per heavy atom. The first-order chi connectivity index (χ1) is 9.31. The number of hydrogen-bond acceptors (Lipinski definition) is 3. The monoisotopic (exact) mass is 281 g/mol. The van der Waals surface area contributed by atoms with Crippen molar-refractivity contribution < 1.29 is 14.7 Å². The highest BCUT2D eigenvalue weighted by Gasteiger charge is 2.21. The molecule has 112 valence electrons. The lowest BCUT2D eigenvalue weighted by Gasteiger charge is -2.16. The van der Waals surface area contributed by atoms with Crippen molar-refractivity contribution in [2.75, 3.05) is 6.54 Å². The van der Waals surface area contributed by atoms with E-state index in [2.05, 4.69) is 10.4 Å². The van der Waals surface area contributed by atoms with Crippen LogP contribution in [0.1, 0.15) is 31.7 Å². The molecule has 0 aliphatic carbocycles. The fraction of sp³-hybridized carbons (Fsp3) is 0.643. The van der Waals surface area contributed by atoms with Gasteiger partial charge in [0.2, 0.25) is 5.91 Å². The third kappa shape index (κ3) is 4.68. The van der Waals surface area contributed by atoms with Crippen LogP contribution in [0.25, 0.3) is 0 Å². The zero-order valence-corrected chi connectivity index (χ0v) is 12.5. The smallest absolute Gasteiger partial charge is 0.308 e. The molecule has 6 heteroatoms. The Kier molecular flexibility index (Phi) is 5.73. The van der Waals surface area contributed by atoms with Crippen molar-refractivity contribution in [2.45, 2.75) is 40.7 Å². The van der Waals surface area contributed by atoms with Gasteiger partial charge < -0.3 is 10.4 Å². The maximum Gasteiger partial charge on any atom is 0.308 e. The maximum absolute atomic E-state index is 11.7. The summed E-state index contributed by atoms with van der Waals surface area (Å²) in [6.45, 7) is 8.19. The predicted molar refractivity (Wildman–Crippen MR) is 75.3 cm³/mol. The Balaban J connectivity index is 2.40. The van der Waals surface area contributed by atoms with Gasteiger partial charge in [0.25, 0.3) is 0 Å². The van der Waals surface area contributed by atoms with E-state index < -0.39 is 11.9 Å². The number of carbonyl (C=O) groups excluding carboxylic acids is 1. The fourth-order valence-electron chi connectivity index (χ4n) is 2.03. The van der Waals surface area contributed by atoms with Gasteiger partial charge in [-0.3, -0.25) is 14.3 Å². The number of carbonyl (C=O) groups is 2. The van der Waals surface area contributed by atoms with Crippen LogP contribution in [-0.4, -0.2) is 33.3 Å². The number of aliphatic carboxylic acids is 1. The van der Waals surface area contributed by atoms with Gasteiger partial charge >= 0.3 is 5.97 Å². The van der Waals surface area contributed by atoms with E-state index in [-0.39, 0.29) is 18.4 Å². The van der Waals surface area contributed by atoms with Crippen molar-refractivity contribution in [3.63, 3.8) is 0 Å². The summed E-state index contributed by atoms with van der Waals surface area (Å²) < 4.78 is 1.78. The molecule has 1 atom stereocenters. The Morgan fingerprint density at radius 1 is 1.40 bits per heavy atom. The van der Waals surface area contributed by atoms with Crippen LogP contribution >= 0.6 is 0 Å². The number of hydrogen-bond donors (Lipinski definition) is 2. The molecule has 1 amide bonds. The van der Waals surface area contributed by atoms with Crippen LogP contribution in [0.3, 0.4) is 0 Å². The van der Waals surface area contributed by atoms with Crippen molar-refractivity contribution >= 4 is 11.9 Å². The third-order valence-corrected chi connectivity index (χ3v) is 3.30. The summed E-state index contributed by atoms with van der Waals surface area (Å²) in [6, 6.07) is 1.96. The molecule has 0 fully saturated rings. The minimum atomic E-state index is -0.876. The average molecular weight is 281 g/mol. The first kappa shape index (κ1) is 16.2. The van der Waals surface area contributed by atoms with Crippen molar-refractivity contribution in [1.29, 1.82) is 0 Å². The normalized spacial score (nSPS) is 12.4. The Bertz CT molecular complexity index is 480. The molecule has 6 nitrogen and oxygen atoms in total. The van der Waals surface area contributed by atoms with Gasteiger partial charge in [0, 0.05) is 25.2 Å². The second kappa shape index (κ2) is 7.07. The summed E-state index contributed by atoms with van der Waals surface area (Å²) >= 11 is 0. The lowest BCUT2D eigenvalue weighted by Crippen LogP contribution is -2.35. The van der Waals surface area contributed by atoms with Crippen LogP contribution in [0.4, 0.5) is 0 Å². The minimum absolute atomic E-state index is 0.0104. The Morgan fingerprint density at radius 3 is 2.50 bits per heavy atom. The molecule has 0 aromatic carbocycles. The summed E-state index contributed by atoms with van der Waals surface area (Å²) in [5.41, 5.74) is 1.94. The molecule has 0 aliphatic rings.